The third kappa shape index (κ3) is 2.94. The number of carbonyl (C=O) groups excluding carboxylic acids is 2. The predicted octanol–water partition coefficient (Wildman–Crippen LogP) is 0.792. The van der Waals surface area contributed by atoms with E-state index in [1.807, 2.05) is 21.8 Å². The van der Waals surface area contributed by atoms with E-state index in [1.165, 1.54) is 0 Å². The average molecular weight is 290 g/mol. The Morgan fingerprint density at radius 1 is 1.43 bits per heavy atom. The number of likely N-dealkylation sites (tertiary alicyclic amines) is 1. The van der Waals surface area contributed by atoms with Crippen LogP contribution < -0.4 is 5.32 Å². The van der Waals surface area contributed by atoms with Crippen molar-refractivity contribution in [1.29, 1.82) is 0 Å². The zero-order valence-electron chi connectivity index (χ0n) is 12.3. The Hall–Kier alpha value is -1.85. The Morgan fingerprint density at radius 2 is 2.33 bits per heavy atom. The van der Waals surface area contributed by atoms with E-state index < -0.39 is 0 Å². The number of piperidine rings is 1. The Morgan fingerprint density at radius 3 is 3.10 bits per heavy atom. The Kier molecular flexibility index (Phi) is 3.94. The molecule has 114 valence electrons. The van der Waals surface area contributed by atoms with Crippen molar-refractivity contribution in [2.75, 3.05) is 19.6 Å². The molecule has 1 atom stereocenters. The van der Waals surface area contributed by atoms with Gasteiger partial charge in [0.25, 0.3) is 0 Å². The number of aromatic nitrogens is 2. The molecule has 1 N–H and O–H groups in total. The molecule has 1 unspecified atom stereocenters. The number of carbonyl (C=O) groups is 2. The summed E-state index contributed by atoms with van der Waals surface area (Å²) in [4.78, 5) is 26.2. The topological polar surface area (TPSA) is 67.2 Å². The molecule has 0 radical (unpaired) electrons. The first-order chi connectivity index (χ1) is 10.2. The summed E-state index contributed by atoms with van der Waals surface area (Å²) < 4.78 is 1.84. The minimum atomic E-state index is -0.310. The minimum Gasteiger partial charge on any atom is -0.356 e. The van der Waals surface area contributed by atoms with Gasteiger partial charge in [-0.3, -0.25) is 14.3 Å². The van der Waals surface area contributed by atoms with Crippen LogP contribution in [-0.2, 0) is 16.1 Å². The van der Waals surface area contributed by atoms with Gasteiger partial charge in [0.2, 0.25) is 11.8 Å². The van der Waals surface area contributed by atoms with Crippen molar-refractivity contribution in [1.82, 2.24) is 20.0 Å². The van der Waals surface area contributed by atoms with E-state index in [1.54, 1.807) is 6.20 Å². The second kappa shape index (κ2) is 5.87. The van der Waals surface area contributed by atoms with Gasteiger partial charge in [0.15, 0.2) is 0 Å². The third-order valence-corrected chi connectivity index (χ3v) is 4.64. The van der Waals surface area contributed by atoms with Gasteiger partial charge in [0.05, 0.1) is 5.41 Å². The number of aryl methyl sites for hydroxylation is 1. The lowest BCUT2D eigenvalue weighted by Crippen LogP contribution is -2.47. The lowest BCUT2D eigenvalue weighted by Gasteiger charge is -2.32. The molecular formula is C15H22N4O2. The number of amides is 2. The van der Waals surface area contributed by atoms with Crippen LogP contribution in [-0.4, -0.2) is 46.1 Å². The standard InChI is InChI=1S/C15H22N4O2/c20-13(4-1-9-19-10-3-8-17-19)18-11-6-15(12-18)5-2-7-16-14(15)21/h3,8,10H,1-2,4-7,9,11-12H2,(H,16,21). The van der Waals surface area contributed by atoms with E-state index in [4.69, 9.17) is 0 Å². The molecule has 0 aromatic carbocycles. The van der Waals surface area contributed by atoms with Crippen molar-refractivity contribution >= 4 is 11.8 Å². The maximum Gasteiger partial charge on any atom is 0.228 e. The van der Waals surface area contributed by atoms with Crippen molar-refractivity contribution < 1.29 is 9.59 Å². The summed E-state index contributed by atoms with van der Waals surface area (Å²) in [5.74, 6) is 0.304. The van der Waals surface area contributed by atoms with Gasteiger partial charge in [0, 0.05) is 45.0 Å². The van der Waals surface area contributed by atoms with Gasteiger partial charge in [-0.25, -0.2) is 0 Å². The van der Waals surface area contributed by atoms with Crippen molar-refractivity contribution in [3.05, 3.63) is 18.5 Å². The number of hydrogen-bond acceptors (Lipinski definition) is 3. The molecule has 2 aliphatic rings. The van der Waals surface area contributed by atoms with Crippen LogP contribution in [0.5, 0.6) is 0 Å². The molecule has 2 fully saturated rings. The third-order valence-electron chi connectivity index (χ3n) is 4.64. The molecule has 3 rings (SSSR count). The van der Waals surface area contributed by atoms with E-state index in [2.05, 4.69) is 10.4 Å². The zero-order valence-corrected chi connectivity index (χ0v) is 12.3. The van der Waals surface area contributed by atoms with E-state index in [0.29, 0.717) is 19.5 Å². The van der Waals surface area contributed by atoms with Gasteiger partial charge < -0.3 is 10.2 Å². The summed E-state index contributed by atoms with van der Waals surface area (Å²) in [5, 5.41) is 7.08. The van der Waals surface area contributed by atoms with Crippen molar-refractivity contribution in [2.24, 2.45) is 5.41 Å². The molecule has 0 bridgehead atoms. The van der Waals surface area contributed by atoms with Gasteiger partial charge in [-0.05, 0) is 31.7 Å². The summed E-state index contributed by atoms with van der Waals surface area (Å²) >= 11 is 0. The molecule has 1 aromatic rings. The Balaban J connectivity index is 1.49. The molecule has 3 heterocycles. The molecule has 6 nitrogen and oxygen atoms in total. The quantitative estimate of drug-likeness (QED) is 0.891. The van der Waals surface area contributed by atoms with Crippen LogP contribution in [0, 0.1) is 5.41 Å². The lowest BCUT2D eigenvalue weighted by atomic mass is 9.79. The zero-order chi connectivity index (χ0) is 14.7. The highest BCUT2D eigenvalue weighted by Gasteiger charge is 2.46. The molecule has 2 aliphatic heterocycles. The number of nitrogens with zero attached hydrogens (tertiary/aromatic N) is 3. The van der Waals surface area contributed by atoms with Gasteiger partial charge >= 0.3 is 0 Å². The fraction of sp³-hybridized carbons (Fsp3) is 0.667. The Bertz CT molecular complexity index is 514. The van der Waals surface area contributed by atoms with Crippen molar-refractivity contribution in [3.8, 4) is 0 Å². The predicted molar refractivity (Wildman–Crippen MR) is 77.3 cm³/mol. The minimum absolute atomic E-state index is 0.139. The molecule has 1 spiro atoms. The van der Waals surface area contributed by atoms with Crippen molar-refractivity contribution in [2.45, 2.75) is 38.6 Å². The maximum absolute atomic E-state index is 12.3. The molecule has 0 saturated carbocycles. The highest BCUT2D eigenvalue weighted by atomic mass is 16.2. The van der Waals surface area contributed by atoms with E-state index >= 15 is 0 Å². The summed E-state index contributed by atoms with van der Waals surface area (Å²) in [6, 6.07) is 1.88. The van der Waals surface area contributed by atoms with E-state index in [0.717, 1.165) is 38.8 Å². The molecule has 6 heteroatoms. The Labute approximate surface area is 124 Å². The average Bonchev–Trinajstić information content (AvgIpc) is 3.13. The molecular weight excluding hydrogens is 268 g/mol. The maximum atomic E-state index is 12.3. The second-order valence-corrected chi connectivity index (χ2v) is 6.08. The highest BCUT2D eigenvalue weighted by Crippen LogP contribution is 2.37. The number of hydrogen-bond donors (Lipinski definition) is 1. The van der Waals surface area contributed by atoms with Crippen LogP contribution in [0.15, 0.2) is 18.5 Å². The summed E-state index contributed by atoms with van der Waals surface area (Å²) in [5.41, 5.74) is -0.310. The first-order valence-electron chi connectivity index (χ1n) is 7.73. The number of rotatable bonds is 4. The largest absolute Gasteiger partial charge is 0.356 e. The van der Waals surface area contributed by atoms with Crippen LogP contribution in [0.2, 0.25) is 0 Å². The van der Waals surface area contributed by atoms with E-state index in [-0.39, 0.29) is 17.2 Å². The monoisotopic (exact) mass is 290 g/mol. The summed E-state index contributed by atoms with van der Waals surface area (Å²) in [6.07, 6.45) is 7.70. The van der Waals surface area contributed by atoms with Gasteiger partial charge in [-0.1, -0.05) is 0 Å². The molecule has 0 aliphatic carbocycles. The fourth-order valence-corrected chi connectivity index (χ4v) is 3.39. The number of nitrogens with one attached hydrogen (secondary N) is 1. The summed E-state index contributed by atoms with van der Waals surface area (Å²) in [6.45, 7) is 2.85. The van der Waals surface area contributed by atoms with Crippen LogP contribution >= 0.6 is 0 Å². The van der Waals surface area contributed by atoms with Gasteiger partial charge in [-0.2, -0.15) is 5.10 Å². The second-order valence-electron chi connectivity index (χ2n) is 6.08. The summed E-state index contributed by atoms with van der Waals surface area (Å²) in [7, 11) is 0. The molecule has 2 saturated heterocycles. The molecule has 2 amide bonds. The van der Waals surface area contributed by atoms with Crippen LogP contribution in [0.3, 0.4) is 0 Å². The van der Waals surface area contributed by atoms with Crippen LogP contribution in [0.25, 0.3) is 0 Å². The SMILES string of the molecule is O=C(CCCn1cccn1)N1CCC2(CCCNC2=O)C1. The van der Waals surface area contributed by atoms with Gasteiger partial charge in [0.1, 0.15) is 0 Å². The first kappa shape index (κ1) is 14.1. The smallest absolute Gasteiger partial charge is 0.228 e. The molecule has 1 aromatic heterocycles. The van der Waals surface area contributed by atoms with E-state index in [9.17, 15) is 9.59 Å². The van der Waals surface area contributed by atoms with Crippen LogP contribution in [0.4, 0.5) is 0 Å². The van der Waals surface area contributed by atoms with Crippen LogP contribution in [0.1, 0.15) is 32.1 Å². The van der Waals surface area contributed by atoms with Gasteiger partial charge in [-0.15, -0.1) is 0 Å². The highest BCUT2D eigenvalue weighted by molar-refractivity contribution is 5.85. The lowest BCUT2D eigenvalue weighted by molar-refractivity contribution is -0.134. The van der Waals surface area contributed by atoms with Crippen molar-refractivity contribution in [3.63, 3.8) is 0 Å². The fourth-order valence-electron chi connectivity index (χ4n) is 3.39. The first-order valence-corrected chi connectivity index (χ1v) is 7.73. The molecule has 21 heavy (non-hydrogen) atoms. The normalized spacial score (nSPS) is 25.3.